The number of primary amides is 1. The third kappa shape index (κ3) is 4.72. The largest absolute Gasteiger partial charge is 0.365 e. The highest BCUT2D eigenvalue weighted by Gasteiger charge is 2.28. The van der Waals surface area contributed by atoms with Gasteiger partial charge in [0.25, 0.3) is 5.91 Å². The lowest BCUT2D eigenvalue weighted by atomic mass is 9.88. The van der Waals surface area contributed by atoms with E-state index in [2.05, 4.69) is 33.6 Å². The predicted octanol–water partition coefficient (Wildman–Crippen LogP) is 4.14. The van der Waals surface area contributed by atoms with E-state index in [9.17, 15) is 9.59 Å². The fraction of sp³-hybridized carbons (Fsp3) is 0.545. The van der Waals surface area contributed by atoms with E-state index in [0.717, 1.165) is 48.6 Å². The van der Waals surface area contributed by atoms with Crippen LogP contribution < -0.4 is 11.1 Å². The molecule has 3 N–H and O–H groups in total. The summed E-state index contributed by atoms with van der Waals surface area (Å²) in [6.45, 7) is 6.69. The average Bonchev–Trinajstić information content (AvgIpc) is 3.44. The number of rotatable bonds is 8. The Balaban J connectivity index is 1.46. The zero-order valence-corrected chi connectivity index (χ0v) is 19.5. The molecule has 2 aliphatic carbocycles. The van der Waals surface area contributed by atoms with Gasteiger partial charge in [0.05, 0.1) is 11.3 Å². The fourth-order valence-electron chi connectivity index (χ4n) is 4.59. The summed E-state index contributed by atoms with van der Waals surface area (Å²) in [5.74, 6) is 1.56. The molecule has 2 heterocycles. The van der Waals surface area contributed by atoms with E-state index in [-0.39, 0.29) is 11.7 Å². The Morgan fingerprint density at radius 3 is 2.81 bits per heavy atom. The van der Waals surface area contributed by atoms with Crippen molar-refractivity contribution in [3.63, 3.8) is 0 Å². The van der Waals surface area contributed by atoms with E-state index < -0.39 is 5.91 Å². The average molecular weight is 460 g/mol. The molecule has 0 saturated heterocycles. The Morgan fingerprint density at radius 1 is 1.32 bits per heavy atom. The third-order valence-electron chi connectivity index (χ3n) is 6.12. The summed E-state index contributed by atoms with van der Waals surface area (Å²) in [6, 6.07) is 0. The molecule has 0 radical (unpaired) electrons. The molecule has 166 valence electrons. The van der Waals surface area contributed by atoms with Gasteiger partial charge in [-0.3, -0.25) is 9.59 Å². The number of thiophene rings is 1. The Bertz CT molecular complexity index is 990. The molecule has 0 spiro atoms. The predicted molar refractivity (Wildman–Crippen MR) is 125 cm³/mol. The summed E-state index contributed by atoms with van der Waals surface area (Å²) in [5, 5.41) is 13.0. The van der Waals surface area contributed by atoms with Crippen molar-refractivity contribution in [3.05, 3.63) is 34.5 Å². The first-order valence-electron chi connectivity index (χ1n) is 10.9. The lowest BCUT2D eigenvalue weighted by molar-refractivity contribution is -0.113. The second-order valence-electron chi connectivity index (χ2n) is 8.48. The van der Waals surface area contributed by atoms with E-state index in [1.807, 2.05) is 6.08 Å². The molecule has 31 heavy (non-hydrogen) atoms. The summed E-state index contributed by atoms with van der Waals surface area (Å²) in [5.41, 5.74) is 7.16. The normalized spacial score (nSPS) is 18.7. The van der Waals surface area contributed by atoms with Crippen molar-refractivity contribution >= 4 is 39.9 Å². The molecule has 1 unspecified atom stereocenters. The van der Waals surface area contributed by atoms with Gasteiger partial charge in [0, 0.05) is 17.3 Å². The fourth-order valence-corrected chi connectivity index (χ4v) is 6.77. The summed E-state index contributed by atoms with van der Waals surface area (Å²) >= 11 is 2.85. The maximum atomic E-state index is 12.7. The van der Waals surface area contributed by atoms with E-state index in [1.54, 1.807) is 0 Å². The number of hydrogen-bond donors (Lipinski definition) is 2. The molecule has 0 aliphatic heterocycles. The number of anilines is 1. The highest BCUT2D eigenvalue weighted by atomic mass is 32.2. The summed E-state index contributed by atoms with van der Waals surface area (Å²) in [6.07, 6.45) is 9.36. The number of nitrogens with one attached hydrogen (secondary N) is 1. The number of amides is 2. The van der Waals surface area contributed by atoms with Gasteiger partial charge in [-0.1, -0.05) is 37.6 Å². The van der Waals surface area contributed by atoms with Crippen LogP contribution in [0, 0.1) is 5.92 Å². The Kier molecular flexibility index (Phi) is 6.81. The standard InChI is InChI=1S/C22H29N5O2S2/c1-3-10-27-20(14-6-4-5-7-14)25-26-22(27)30-12-17(28)24-21-18(19(23)29)15-9-8-13(2)11-16(15)31-21/h3,13-14H,1,4-12H2,2H3,(H2,23,29)(H,24,28). The van der Waals surface area contributed by atoms with E-state index >= 15 is 0 Å². The van der Waals surface area contributed by atoms with Crippen molar-refractivity contribution in [2.45, 2.75) is 69.5 Å². The van der Waals surface area contributed by atoms with Gasteiger partial charge >= 0.3 is 0 Å². The first-order valence-corrected chi connectivity index (χ1v) is 12.7. The molecular weight excluding hydrogens is 430 g/mol. The molecule has 4 rings (SSSR count). The highest BCUT2D eigenvalue weighted by Crippen LogP contribution is 2.39. The quantitative estimate of drug-likeness (QED) is 0.456. The number of fused-ring (bicyclic) bond motifs is 1. The number of nitrogens with zero attached hydrogens (tertiary/aromatic N) is 3. The molecule has 0 aromatic carbocycles. The molecule has 2 amide bonds. The highest BCUT2D eigenvalue weighted by molar-refractivity contribution is 7.99. The van der Waals surface area contributed by atoms with Gasteiger partial charge in [-0.15, -0.1) is 28.1 Å². The minimum absolute atomic E-state index is 0.172. The number of hydrogen-bond acceptors (Lipinski definition) is 6. The van der Waals surface area contributed by atoms with Gasteiger partial charge < -0.3 is 15.6 Å². The number of aromatic nitrogens is 3. The number of thioether (sulfide) groups is 1. The van der Waals surface area contributed by atoms with Crippen LogP contribution in [-0.4, -0.2) is 32.3 Å². The summed E-state index contributed by atoms with van der Waals surface area (Å²) in [4.78, 5) is 26.0. The molecule has 1 fully saturated rings. The van der Waals surface area contributed by atoms with Gasteiger partial charge in [0.2, 0.25) is 5.91 Å². The van der Waals surface area contributed by atoms with Gasteiger partial charge in [-0.25, -0.2) is 0 Å². The van der Waals surface area contributed by atoms with Crippen molar-refractivity contribution in [1.82, 2.24) is 14.8 Å². The summed E-state index contributed by atoms with van der Waals surface area (Å²) < 4.78 is 2.07. The van der Waals surface area contributed by atoms with E-state index in [0.29, 0.717) is 28.9 Å². The van der Waals surface area contributed by atoms with Crippen LogP contribution >= 0.6 is 23.1 Å². The molecule has 0 bridgehead atoms. The zero-order valence-electron chi connectivity index (χ0n) is 17.9. The molecule has 9 heteroatoms. The molecule has 2 aromatic rings. The molecule has 2 aromatic heterocycles. The number of allylic oxidation sites excluding steroid dienone is 1. The van der Waals surface area contributed by atoms with Gasteiger partial charge in [-0.05, 0) is 43.6 Å². The zero-order chi connectivity index (χ0) is 22.0. The SMILES string of the molecule is C=CCn1c(SCC(=O)Nc2sc3c(c2C(N)=O)CCC(C)C3)nnc1C1CCCC1. The third-order valence-corrected chi connectivity index (χ3v) is 8.26. The molecule has 7 nitrogen and oxygen atoms in total. The van der Waals surface area contributed by atoms with Crippen LogP contribution in [0.15, 0.2) is 17.8 Å². The smallest absolute Gasteiger partial charge is 0.251 e. The first kappa shape index (κ1) is 22.1. The lowest BCUT2D eigenvalue weighted by Crippen LogP contribution is -2.20. The second-order valence-corrected chi connectivity index (χ2v) is 10.5. The Morgan fingerprint density at radius 2 is 2.10 bits per heavy atom. The Hall–Kier alpha value is -2.13. The van der Waals surface area contributed by atoms with Gasteiger partial charge in [0.15, 0.2) is 5.16 Å². The van der Waals surface area contributed by atoms with E-state index in [1.165, 1.54) is 40.8 Å². The lowest BCUT2D eigenvalue weighted by Gasteiger charge is -2.18. The van der Waals surface area contributed by atoms with Crippen LogP contribution in [0.5, 0.6) is 0 Å². The van der Waals surface area contributed by atoms with Crippen LogP contribution in [0.4, 0.5) is 5.00 Å². The second kappa shape index (κ2) is 9.56. The van der Waals surface area contributed by atoms with Crippen LogP contribution in [0.2, 0.25) is 0 Å². The van der Waals surface area contributed by atoms with Crippen LogP contribution in [-0.2, 0) is 24.2 Å². The van der Waals surface area contributed by atoms with Gasteiger partial charge in [-0.2, -0.15) is 0 Å². The van der Waals surface area contributed by atoms with Crippen LogP contribution in [0.3, 0.4) is 0 Å². The maximum absolute atomic E-state index is 12.7. The first-order chi connectivity index (χ1) is 15.0. The number of nitrogens with two attached hydrogens (primary N) is 1. The molecular formula is C22H29N5O2S2. The van der Waals surface area contributed by atoms with Crippen molar-refractivity contribution in [3.8, 4) is 0 Å². The minimum Gasteiger partial charge on any atom is -0.365 e. The number of carbonyl (C=O) groups excluding carboxylic acids is 2. The summed E-state index contributed by atoms with van der Waals surface area (Å²) in [7, 11) is 0. The van der Waals surface area contributed by atoms with Gasteiger partial charge in [0.1, 0.15) is 10.8 Å². The van der Waals surface area contributed by atoms with Crippen molar-refractivity contribution in [1.29, 1.82) is 0 Å². The topological polar surface area (TPSA) is 103 Å². The van der Waals surface area contributed by atoms with Crippen molar-refractivity contribution in [2.24, 2.45) is 11.7 Å². The Labute approximate surface area is 190 Å². The monoisotopic (exact) mass is 459 g/mol. The molecule has 2 aliphatic rings. The van der Waals surface area contributed by atoms with Crippen molar-refractivity contribution in [2.75, 3.05) is 11.1 Å². The van der Waals surface area contributed by atoms with Crippen molar-refractivity contribution < 1.29 is 9.59 Å². The van der Waals surface area contributed by atoms with Crippen LogP contribution in [0.1, 0.15) is 71.6 Å². The molecule has 1 atom stereocenters. The molecule has 1 saturated carbocycles. The van der Waals surface area contributed by atoms with E-state index in [4.69, 9.17) is 5.73 Å². The number of carbonyl (C=O) groups is 2. The maximum Gasteiger partial charge on any atom is 0.251 e. The van der Waals surface area contributed by atoms with Crippen LogP contribution in [0.25, 0.3) is 0 Å². The minimum atomic E-state index is -0.470.